The van der Waals surface area contributed by atoms with E-state index >= 15 is 0 Å². The van der Waals surface area contributed by atoms with Gasteiger partial charge in [-0.25, -0.2) is 0 Å². The van der Waals surface area contributed by atoms with Crippen LogP contribution in [0.25, 0.3) is 5.70 Å². The SMILES string of the molecule is C=C(c1cc(CC)c(O)cc1O)N(/C(S)=N\N)c1ccc(OC)c(N(CC)CC)c1. The number of aromatic hydroxyl groups is 2. The van der Waals surface area contributed by atoms with E-state index in [-0.39, 0.29) is 16.7 Å². The standard InChI is InChI=1S/C22H30N4O3S/c1-6-15-11-17(20(28)13-19(15)27)14(4)26(22(30)24-23)16-9-10-21(29-5)18(12-16)25(7-2)8-3/h9-13,27-28H,4,6-8,23H2,1-3,5H3,(H,24,30). The first kappa shape index (κ1) is 23.3. The van der Waals surface area contributed by atoms with Gasteiger partial charge in [-0.05, 0) is 50.1 Å². The molecule has 2 aromatic carbocycles. The fraction of sp³-hybridized carbons (Fsp3) is 0.318. The predicted molar refractivity (Wildman–Crippen MR) is 128 cm³/mol. The maximum Gasteiger partial charge on any atom is 0.188 e. The molecule has 0 aromatic heterocycles. The van der Waals surface area contributed by atoms with Crippen LogP contribution in [-0.2, 0) is 6.42 Å². The third kappa shape index (κ3) is 4.59. The maximum absolute atomic E-state index is 10.5. The minimum absolute atomic E-state index is 0.0324. The van der Waals surface area contributed by atoms with Gasteiger partial charge in [0.1, 0.15) is 17.2 Å². The van der Waals surface area contributed by atoms with Crippen LogP contribution in [0.15, 0.2) is 42.0 Å². The molecule has 0 atom stereocenters. The summed E-state index contributed by atoms with van der Waals surface area (Å²) in [6.07, 6.45) is 0.597. The van der Waals surface area contributed by atoms with Crippen LogP contribution in [-0.4, -0.2) is 35.6 Å². The third-order valence-corrected chi connectivity index (χ3v) is 5.31. The number of hydrogen-bond donors (Lipinski definition) is 4. The zero-order valence-electron chi connectivity index (χ0n) is 17.9. The van der Waals surface area contributed by atoms with Gasteiger partial charge in [-0.2, -0.15) is 5.10 Å². The minimum atomic E-state index is -0.102. The van der Waals surface area contributed by atoms with Gasteiger partial charge in [-0.3, -0.25) is 4.90 Å². The lowest BCUT2D eigenvalue weighted by molar-refractivity contribution is 0.414. The van der Waals surface area contributed by atoms with Crippen LogP contribution in [0, 0.1) is 0 Å². The zero-order valence-corrected chi connectivity index (χ0v) is 18.8. The van der Waals surface area contributed by atoms with Crippen LogP contribution in [0.5, 0.6) is 17.2 Å². The lowest BCUT2D eigenvalue weighted by atomic mass is 10.0. The van der Waals surface area contributed by atoms with Gasteiger partial charge in [0.15, 0.2) is 5.17 Å². The second-order valence-electron chi connectivity index (χ2n) is 6.59. The van der Waals surface area contributed by atoms with Crippen molar-refractivity contribution < 1.29 is 14.9 Å². The van der Waals surface area contributed by atoms with Crippen LogP contribution < -0.4 is 20.4 Å². The molecule has 2 rings (SSSR count). The number of thiol groups is 1. The number of methoxy groups -OCH3 is 1. The number of benzene rings is 2. The summed E-state index contributed by atoms with van der Waals surface area (Å²) in [6, 6.07) is 8.65. The predicted octanol–water partition coefficient (Wildman–Crippen LogP) is 4.15. The average molecular weight is 431 g/mol. The van der Waals surface area contributed by atoms with E-state index in [9.17, 15) is 10.2 Å². The molecule has 0 amide bonds. The number of ether oxygens (including phenoxy) is 1. The highest BCUT2D eigenvalue weighted by atomic mass is 32.1. The largest absolute Gasteiger partial charge is 0.508 e. The maximum atomic E-state index is 10.5. The Morgan fingerprint density at radius 2 is 1.80 bits per heavy atom. The number of hydrazone groups is 1. The molecule has 0 radical (unpaired) electrons. The fourth-order valence-electron chi connectivity index (χ4n) is 3.34. The van der Waals surface area contributed by atoms with E-state index in [4.69, 9.17) is 10.6 Å². The highest BCUT2D eigenvalue weighted by molar-refractivity contribution is 7.97. The van der Waals surface area contributed by atoms with Crippen LogP contribution in [0.3, 0.4) is 0 Å². The second-order valence-corrected chi connectivity index (χ2v) is 6.99. The molecule has 0 fully saturated rings. The molecule has 2 aromatic rings. The number of nitrogens with two attached hydrogens (primary N) is 1. The molecule has 0 unspecified atom stereocenters. The van der Waals surface area contributed by atoms with Gasteiger partial charge in [-0.15, -0.1) is 12.6 Å². The summed E-state index contributed by atoms with van der Waals surface area (Å²) in [5.74, 6) is 6.21. The van der Waals surface area contributed by atoms with Gasteiger partial charge < -0.3 is 25.7 Å². The quantitative estimate of drug-likeness (QED) is 0.165. The molecular weight excluding hydrogens is 400 g/mol. The Kier molecular flexibility index (Phi) is 7.88. The number of phenols is 2. The number of nitrogens with zero attached hydrogens (tertiary/aromatic N) is 3. The fourth-order valence-corrected chi connectivity index (χ4v) is 3.57. The molecule has 0 aliphatic heterocycles. The summed E-state index contributed by atoms with van der Waals surface area (Å²) in [4.78, 5) is 3.80. The van der Waals surface area contributed by atoms with E-state index in [1.165, 1.54) is 6.07 Å². The molecule has 0 bridgehead atoms. The van der Waals surface area contributed by atoms with Crippen molar-refractivity contribution in [2.75, 3.05) is 30.0 Å². The summed E-state index contributed by atoms with van der Waals surface area (Å²) in [6.45, 7) is 11.8. The summed E-state index contributed by atoms with van der Waals surface area (Å²) < 4.78 is 5.53. The molecule has 7 nitrogen and oxygen atoms in total. The molecule has 30 heavy (non-hydrogen) atoms. The van der Waals surface area contributed by atoms with Crippen LogP contribution in [0.4, 0.5) is 11.4 Å². The van der Waals surface area contributed by atoms with Gasteiger partial charge in [0.25, 0.3) is 0 Å². The Bertz CT molecular complexity index is 942. The Labute approximate surface area is 183 Å². The van der Waals surface area contributed by atoms with Crippen LogP contribution in [0.1, 0.15) is 31.9 Å². The highest BCUT2D eigenvalue weighted by Gasteiger charge is 2.22. The molecular formula is C22H30N4O3S. The molecule has 0 saturated heterocycles. The second kappa shape index (κ2) is 10.2. The first-order valence-electron chi connectivity index (χ1n) is 9.76. The highest BCUT2D eigenvalue weighted by Crippen LogP contribution is 2.39. The van der Waals surface area contributed by atoms with Gasteiger partial charge >= 0.3 is 0 Å². The van der Waals surface area contributed by atoms with E-state index < -0.39 is 0 Å². The number of rotatable bonds is 8. The van der Waals surface area contributed by atoms with Crippen molar-refractivity contribution in [3.63, 3.8) is 0 Å². The molecule has 0 saturated carbocycles. The number of amidine groups is 1. The number of aryl methyl sites for hydroxylation is 1. The minimum Gasteiger partial charge on any atom is -0.508 e. The van der Waals surface area contributed by atoms with E-state index in [1.807, 2.05) is 25.1 Å². The number of phenolic OH excluding ortho intramolecular Hbond substituents is 2. The van der Waals surface area contributed by atoms with Crippen molar-refractivity contribution in [3.05, 3.63) is 48.0 Å². The Morgan fingerprint density at radius 1 is 1.13 bits per heavy atom. The molecule has 0 aliphatic carbocycles. The average Bonchev–Trinajstić information content (AvgIpc) is 2.74. The lowest BCUT2D eigenvalue weighted by Crippen LogP contribution is -2.27. The van der Waals surface area contributed by atoms with E-state index in [0.717, 1.165) is 24.5 Å². The van der Waals surface area contributed by atoms with Gasteiger partial charge in [0.2, 0.25) is 0 Å². The molecule has 4 N–H and O–H groups in total. The Hall–Kier alpha value is -3.00. The Morgan fingerprint density at radius 3 is 2.33 bits per heavy atom. The molecule has 8 heteroatoms. The van der Waals surface area contributed by atoms with Crippen LogP contribution >= 0.6 is 12.6 Å². The van der Waals surface area contributed by atoms with Crippen molar-refractivity contribution in [2.24, 2.45) is 10.9 Å². The van der Waals surface area contributed by atoms with Crippen LogP contribution in [0.2, 0.25) is 0 Å². The summed E-state index contributed by atoms with van der Waals surface area (Å²) in [7, 11) is 1.63. The van der Waals surface area contributed by atoms with Crippen molar-refractivity contribution in [3.8, 4) is 17.2 Å². The molecule has 162 valence electrons. The summed E-state index contributed by atoms with van der Waals surface area (Å²) >= 11 is 4.42. The topological polar surface area (TPSA) is 94.5 Å². The third-order valence-electron chi connectivity index (χ3n) is 5.00. The first-order chi connectivity index (χ1) is 14.3. The smallest absolute Gasteiger partial charge is 0.188 e. The van der Waals surface area contributed by atoms with E-state index in [2.05, 4.69) is 43.1 Å². The zero-order chi connectivity index (χ0) is 22.4. The number of hydrogen-bond acceptors (Lipinski definition) is 6. The summed E-state index contributed by atoms with van der Waals surface area (Å²) in [5, 5.41) is 24.4. The molecule has 0 aliphatic rings. The number of anilines is 2. The molecule has 0 spiro atoms. The normalized spacial score (nSPS) is 11.3. The molecule has 0 heterocycles. The van der Waals surface area contributed by atoms with E-state index in [0.29, 0.717) is 28.9 Å². The van der Waals surface area contributed by atoms with Crippen molar-refractivity contribution in [2.45, 2.75) is 27.2 Å². The van der Waals surface area contributed by atoms with Gasteiger partial charge in [-0.1, -0.05) is 13.5 Å². The Balaban J connectivity index is 2.65. The lowest BCUT2D eigenvalue weighted by Gasteiger charge is -2.29. The first-order valence-corrected chi connectivity index (χ1v) is 10.2. The van der Waals surface area contributed by atoms with Crippen molar-refractivity contribution >= 4 is 34.9 Å². The van der Waals surface area contributed by atoms with Crippen molar-refractivity contribution in [1.29, 1.82) is 0 Å². The van der Waals surface area contributed by atoms with Gasteiger partial charge in [0, 0.05) is 24.7 Å². The van der Waals surface area contributed by atoms with E-state index in [1.54, 1.807) is 18.1 Å². The van der Waals surface area contributed by atoms with Crippen molar-refractivity contribution in [1.82, 2.24) is 0 Å². The monoisotopic (exact) mass is 430 g/mol. The summed E-state index contributed by atoms with van der Waals surface area (Å²) in [5.41, 5.74) is 3.15. The van der Waals surface area contributed by atoms with Gasteiger partial charge in [0.05, 0.1) is 24.2 Å².